The third-order valence-electron chi connectivity index (χ3n) is 2.07. The van der Waals surface area contributed by atoms with E-state index < -0.39 is 0 Å². The SMILES string of the molecule is CC/C(=C(/C)CN)N(C)CC. The van der Waals surface area contributed by atoms with Crippen LogP contribution in [-0.2, 0) is 0 Å². The molecular weight excluding hydrogens is 136 g/mol. The lowest BCUT2D eigenvalue weighted by Gasteiger charge is -2.22. The minimum atomic E-state index is 0.674. The summed E-state index contributed by atoms with van der Waals surface area (Å²) in [5.74, 6) is 0. The van der Waals surface area contributed by atoms with Crippen LogP contribution >= 0.6 is 0 Å². The molecule has 0 fully saturated rings. The highest BCUT2D eigenvalue weighted by Crippen LogP contribution is 2.10. The molecule has 0 spiro atoms. The fourth-order valence-corrected chi connectivity index (χ4v) is 1.21. The lowest BCUT2D eigenvalue weighted by Crippen LogP contribution is -2.20. The first-order chi connectivity index (χ1) is 5.17. The van der Waals surface area contributed by atoms with Gasteiger partial charge in [-0.3, -0.25) is 0 Å². The second kappa shape index (κ2) is 5.19. The van der Waals surface area contributed by atoms with Crippen molar-refractivity contribution in [3.8, 4) is 0 Å². The van der Waals surface area contributed by atoms with Crippen molar-refractivity contribution in [1.82, 2.24) is 4.90 Å². The van der Waals surface area contributed by atoms with E-state index in [4.69, 9.17) is 5.73 Å². The summed E-state index contributed by atoms with van der Waals surface area (Å²) in [6, 6.07) is 0. The number of allylic oxidation sites excluding steroid dienone is 1. The molecule has 2 heteroatoms. The highest BCUT2D eigenvalue weighted by atomic mass is 15.1. The van der Waals surface area contributed by atoms with Gasteiger partial charge in [0.2, 0.25) is 0 Å². The van der Waals surface area contributed by atoms with E-state index in [0.29, 0.717) is 6.54 Å². The van der Waals surface area contributed by atoms with E-state index in [9.17, 15) is 0 Å². The summed E-state index contributed by atoms with van der Waals surface area (Å²) in [7, 11) is 2.11. The molecule has 0 saturated heterocycles. The van der Waals surface area contributed by atoms with Gasteiger partial charge in [-0.05, 0) is 25.8 Å². The van der Waals surface area contributed by atoms with Crippen LogP contribution in [0.5, 0.6) is 0 Å². The van der Waals surface area contributed by atoms with Crippen LogP contribution in [0.1, 0.15) is 27.2 Å². The molecule has 2 nitrogen and oxygen atoms in total. The first kappa shape index (κ1) is 10.5. The van der Waals surface area contributed by atoms with Gasteiger partial charge in [0, 0.05) is 25.8 Å². The summed E-state index contributed by atoms with van der Waals surface area (Å²) in [5.41, 5.74) is 8.24. The quantitative estimate of drug-likeness (QED) is 0.669. The monoisotopic (exact) mass is 156 g/mol. The van der Waals surface area contributed by atoms with Crippen LogP contribution < -0.4 is 5.73 Å². The summed E-state index contributed by atoms with van der Waals surface area (Å²) >= 11 is 0. The zero-order valence-electron chi connectivity index (χ0n) is 8.15. The molecule has 0 unspecified atom stereocenters. The van der Waals surface area contributed by atoms with Crippen molar-refractivity contribution in [1.29, 1.82) is 0 Å². The van der Waals surface area contributed by atoms with Crippen LogP contribution in [0.2, 0.25) is 0 Å². The maximum Gasteiger partial charge on any atom is 0.0154 e. The Morgan fingerprint density at radius 3 is 2.18 bits per heavy atom. The zero-order chi connectivity index (χ0) is 8.85. The number of rotatable bonds is 4. The molecule has 11 heavy (non-hydrogen) atoms. The lowest BCUT2D eigenvalue weighted by atomic mass is 10.2. The Balaban J connectivity index is 4.36. The molecule has 0 bridgehead atoms. The summed E-state index contributed by atoms with van der Waals surface area (Å²) in [6.07, 6.45) is 1.08. The molecule has 0 rings (SSSR count). The standard InChI is InChI=1S/C9H20N2/c1-5-9(8(3)7-10)11(4)6-2/h5-7,10H2,1-4H3/b9-8+. The minimum absolute atomic E-state index is 0.674. The van der Waals surface area contributed by atoms with Gasteiger partial charge in [0.05, 0.1) is 0 Å². The van der Waals surface area contributed by atoms with Crippen LogP contribution in [0, 0.1) is 0 Å². The molecule has 0 aromatic carbocycles. The molecule has 0 saturated carbocycles. The largest absolute Gasteiger partial charge is 0.378 e. The first-order valence-electron chi connectivity index (χ1n) is 4.27. The van der Waals surface area contributed by atoms with Crippen molar-refractivity contribution in [2.45, 2.75) is 27.2 Å². The fourth-order valence-electron chi connectivity index (χ4n) is 1.21. The number of nitrogens with zero attached hydrogens (tertiary/aromatic N) is 1. The van der Waals surface area contributed by atoms with Crippen molar-refractivity contribution >= 4 is 0 Å². The first-order valence-corrected chi connectivity index (χ1v) is 4.27. The van der Waals surface area contributed by atoms with Crippen molar-refractivity contribution in [2.24, 2.45) is 5.73 Å². The number of hydrogen-bond acceptors (Lipinski definition) is 2. The van der Waals surface area contributed by atoms with Gasteiger partial charge in [0.1, 0.15) is 0 Å². The molecule has 2 N–H and O–H groups in total. The smallest absolute Gasteiger partial charge is 0.0154 e. The van der Waals surface area contributed by atoms with Crippen LogP contribution in [0.15, 0.2) is 11.3 Å². The predicted octanol–water partition coefficient (Wildman–Crippen LogP) is 1.58. The summed E-state index contributed by atoms with van der Waals surface area (Å²) in [6.45, 7) is 8.15. The minimum Gasteiger partial charge on any atom is -0.378 e. The van der Waals surface area contributed by atoms with Crippen molar-refractivity contribution in [3.63, 3.8) is 0 Å². The van der Waals surface area contributed by atoms with Crippen LogP contribution in [0.3, 0.4) is 0 Å². The van der Waals surface area contributed by atoms with Crippen LogP contribution in [0.25, 0.3) is 0 Å². The molecule has 0 amide bonds. The zero-order valence-corrected chi connectivity index (χ0v) is 8.15. The van der Waals surface area contributed by atoms with E-state index in [1.807, 2.05) is 0 Å². The Bertz CT molecular complexity index is 138. The van der Waals surface area contributed by atoms with Gasteiger partial charge in [-0.2, -0.15) is 0 Å². The van der Waals surface area contributed by atoms with Gasteiger partial charge >= 0.3 is 0 Å². The van der Waals surface area contributed by atoms with Gasteiger partial charge in [0.15, 0.2) is 0 Å². The highest BCUT2D eigenvalue weighted by Gasteiger charge is 2.02. The molecule has 0 aromatic heterocycles. The van der Waals surface area contributed by atoms with Crippen LogP contribution in [-0.4, -0.2) is 25.0 Å². The summed E-state index contributed by atoms with van der Waals surface area (Å²) in [5, 5.41) is 0. The fraction of sp³-hybridized carbons (Fsp3) is 0.778. The Hall–Kier alpha value is -0.500. The van der Waals surface area contributed by atoms with E-state index >= 15 is 0 Å². The maximum atomic E-state index is 5.56. The molecule has 0 heterocycles. The van der Waals surface area contributed by atoms with E-state index in [-0.39, 0.29) is 0 Å². The molecule has 0 aliphatic carbocycles. The topological polar surface area (TPSA) is 29.3 Å². The van der Waals surface area contributed by atoms with Crippen molar-refractivity contribution in [2.75, 3.05) is 20.1 Å². The second-order valence-corrected chi connectivity index (χ2v) is 2.80. The summed E-state index contributed by atoms with van der Waals surface area (Å²) in [4.78, 5) is 2.25. The van der Waals surface area contributed by atoms with Crippen LogP contribution in [0.4, 0.5) is 0 Å². The van der Waals surface area contributed by atoms with Gasteiger partial charge < -0.3 is 10.6 Å². The number of hydrogen-bond donors (Lipinski definition) is 1. The van der Waals surface area contributed by atoms with E-state index in [2.05, 4.69) is 32.7 Å². The average Bonchev–Trinajstić information content (AvgIpc) is 2.05. The average molecular weight is 156 g/mol. The summed E-state index contributed by atoms with van der Waals surface area (Å²) < 4.78 is 0. The third-order valence-corrected chi connectivity index (χ3v) is 2.07. The molecule has 0 atom stereocenters. The maximum absolute atomic E-state index is 5.56. The van der Waals surface area contributed by atoms with E-state index in [0.717, 1.165) is 13.0 Å². The Labute approximate surface area is 70.1 Å². The van der Waals surface area contributed by atoms with Gasteiger partial charge in [-0.25, -0.2) is 0 Å². The van der Waals surface area contributed by atoms with Gasteiger partial charge in [-0.1, -0.05) is 6.92 Å². The Kier molecular flexibility index (Phi) is 4.95. The molecular formula is C9H20N2. The molecule has 66 valence electrons. The molecule has 0 aliphatic rings. The Morgan fingerprint density at radius 1 is 1.36 bits per heavy atom. The number of nitrogens with two attached hydrogens (primary N) is 1. The second-order valence-electron chi connectivity index (χ2n) is 2.80. The van der Waals surface area contributed by atoms with E-state index in [1.165, 1.54) is 11.3 Å². The van der Waals surface area contributed by atoms with Crippen molar-refractivity contribution < 1.29 is 0 Å². The predicted molar refractivity (Wildman–Crippen MR) is 50.3 cm³/mol. The third kappa shape index (κ3) is 2.93. The molecule has 0 radical (unpaired) electrons. The lowest BCUT2D eigenvalue weighted by molar-refractivity contribution is 0.422. The highest BCUT2D eigenvalue weighted by molar-refractivity contribution is 5.11. The molecule has 0 aromatic rings. The van der Waals surface area contributed by atoms with Gasteiger partial charge in [-0.15, -0.1) is 0 Å². The Morgan fingerprint density at radius 2 is 1.91 bits per heavy atom. The molecule has 0 aliphatic heterocycles. The van der Waals surface area contributed by atoms with Gasteiger partial charge in [0.25, 0.3) is 0 Å². The normalized spacial score (nSPS) is 12.8. The van der Waals surface area contributed by atoms with E-state index in [1.54, 1.807) is 0 Å². The van der Waals surface area contributed by atoms with Crippen molar-refractivity contribution in [3.05, 3.63) is 11.3 Å².